The molecule has 4 aliphatic carbocycles. The number of aryl methyl sites for hydroxylation is 1. The van der Waals surface area contributed by atoms with Gasteiger partial charge in [0, 0.05) is 22.2 Å². The van der Waals surface area contributed by atoms with Gasteiger partial charge in [0.2, 0.25) is 0 Å². The molecular formula is C50H58. The van der Waals surface area contributed by atoms with Crippen LogP contribution in [0.1, 0.15) is 134 Å². The molecular weight excluding hydrogens is 601 g/mol. The zero-order chi connectivity index (χ0) is 35.5. The van der Waals surface area contributed by atoms with Crippen LogP contribution in [0.4, 0.5) is 0 Å². The molecule has 0 radical (unpaired) electrons. The monoisotopic (exact) mass is 658 g/mol. The van der Waals surface area contributed by atoms with E-state index in [1.54, 1.807) is 39.0 Å². The fourth-order valence-corrected chi connectivity index (χ4v) is 11.8. The van der Waals surface area contributed by atoms with Crippen LogP contribution >= 0.6 is 0 Å². The van der Waals surface area contributed by atoms with Crippen LogP contribution in [0.25, 0.3) is 33.0 Å². The zero-order valence-electron chi connectivity index (χ0n) is 32.6. The van der Waals surface area contributed by atoms with Crippen LogP contribution in [-0.2, 0) is 16.2 Å². The summed E-state index contributed by atoms with van der Waals surface area (Å²) in [6.45, 7) is 26.9. The summed E-state index contributed by atoms with van der Waals surface area (Å²) in [5, 5.41) is 2.82. The molecule has 258 valence electrons. The van der Waals surface area contributed by atoms with Crippen LogP contribution in [0, 0.1) is 30.6 Å². The molecule has 0 aliphatic heterocycles. The molecule has 50 heavy (non-hydrogen) atoms. The van der Waals surface area contributed by atoms with E-state index in [0.717, 1.165) is 0 Å². The van der Waals surface area contributed by atoms with Crippen molar-refractivity contribution in [3.8, 4) is 11.1 Å². The summed E-state index contributed by atoms with van der Waals surface area (Å²) in [6, 6.07) is 26.7. The van der Waals surface area contributed by atoms with Gasteiger partial charge in [-0.3, -0.25) is 0 Å². The molecule has 0 amide bonds. The summed E-state index contributed by atoms with van der Waals surface area (Å²) in [5.41, 5.74) is 19.4. The van der Waals surface area contributed by atoms with Crippen LogP contribution < -0.4 is 0 Å². The Hall–Kier alpha value is -3.64. The summed E-state index contributed by atoms with van der Waals surface area (Å²) in [5.74, 6) is 2.01. The van der Waals surface area contributed by atoms with Gasteiger partial charge in [-0.25, -0.2) is 0 Å². The smallest absolute Gasteiger partial charge is 0.0474 e. The van der Waals surface area contributed by atoms with E-state index >= 15 is 0 Å². The average Bonchev–Trinajstić information content (AvgIpc) is 3.61. The maximum absolute atomic E-state index is 2.83. The fraction of sp³-hybridized carbons (Fsp3) is 0.440. The van der Waals surface area contributed by atoms with Gasteiger partial charge in [-0.05, 0) is 122 Å². The molecule has 0 aromatic heterocycles. The van der Waals surface area contributed by atoms with Crippen LogP contribution in [0.15, 0.2) is 90.0 Å². The molecule has 8 rings (SSSR count). The van der Waals surface area contributed by atoms with E-state index in [1.807, 2.05) is 0 Å². The molecule has 4 aliphatic rings. The topological polar surface area (TPSA) is 0 Å². The Morgan fingerprint density at radius 1 is 0.640 bits per heavy atom. The number of hydrogen-bond donors (Lipinski definition) is 0. The van der Waals surface area contributed by atoms with E-state index in [9.17, 15) is 0 Å². The van der Waals surface area contributed by atoms with Crippen molar-refractivity contribution in [2.24, 2.45) is 23.7 Å². The molecule has 0 fully saturated rings. The van der Waals surface area contributed by atoms with Gasteiger partial charge in [-0.2, -0.15) is 0 Å². The Morgan fingerprint density at radius 2 is 1.30 bits per heavy atom. The molecule has 2 unspecified atom stereocenters. The predicted octanol–water partition coefficient (Wildman–Crippen LogP) is 13.9. The quantitative estimate of drug-likeness (QED) is 0.185. The molecule has 2 atom stereocenters. The summed E-state index contributed by atoms with van der Waals surface area (Å²) in [6.07, 6.45) is 10.3. The fourth-order valence-electron chi connectivity index (χ4n) is 11.8. The highest BCUT2D eigenvalue weighted by atomic mass is 14.6. The predicted molar refractivity (Wildman–Crippen MR) is 217 cm³/mol. The summed E-state index contributed by atoms with van der Waals surface area (Å²) < 4.78 is 0. The lowest BCUT2D eigenvalue weighted by Gasteiger charge is -2.47. The van der Waals surface area contributed by atoms with Gasteiger partial charge >= 0.3 is 0 Å². The molecule has 0 heterocycles. The Labute approximate surface area is 302 Å². The van der Waals surface area contributed by atoms with Crippen molar-refractivity contribution in [2.75, 3.05) is 0 Å². The lowest BCUT2D eigenvalue weighted by atomic mass is 9.55. The van der Waals surface area contributed by atoms with Gasteiger partial charge in [0.15, 0.2) is 0 Å². The van der Waals surface area contributed by atoms with Crippen molar-refractivity contribution in [3.63, 3.8) is 0 Å². The van der Waals surface area contributed by atoms with Gasteiger partial charge in [0.1, 0.15) is 0 Å². The first kappa shape index (κ1) is 33.5. The lowest BCUT2D eigenvalue weighted by molar-refractivity contribution is 0.298. The second-order valence-electron chi connectivity index (χ2n) is 17.6. The largest absolute Gasteiger partial charge is 0.0654 e. The maximum Gasteiger partial charge on any atom is 0.0474 e. The molecule has 4 aromatic carbocycles. The molecule has 0 saturated carbocycles. The maximum atomic E-state index is 2.83. The number of rotatable bonds is 7. The number of allylic oxidation sites excluding steroid dienone is 6. The first-order valence-corrected chi connectivity index (χ1v) is 19.9. The zero-order valence-corrected chi connectivity index (χ0v) is 32.6. The third kappa shape index (κ3) is 4.17. The highest BCUT2D eigenvalue weighted by molar-refractivity contribution is 6.12. The molecule has 4 aromatic rings. The molecule has 0 heteroatoms. The van der Waals surface area contributed by atoms with Gasteiger partial charge in [0.05, 0.1) is 0 Å². The first-order valence-electron chi connectivity index (χ1n) is 19.9. The Kier molecular flexibility index (Phi) is 7.66. The number of benzene rings is 4. The van der Waals surface area contributed by atoms with Gasteiger partial charge in [-0.15, -0.1) is 0 Å². The number of hydrogen-bond acceptors (Lipinski definition) is 0. The standard InChI is InChI=1S/C50H58/c1-12-31(13-2)34-27-39(32(14-3)15-4)43(29(5)6)50(28-34)41-25-24-38-45(42(41)37-23-21-33-26-30(7)20-22-35(33)44(37)50)49(10,11)46-36-18-16-17-19-40(36)48(8,9)47(38)46/h16-29,31-32,43H,12-15H2,1-11H3. The second-order valence-corrected chi connectivity index (χ2v) is 17.6. The van der Waals surface area contributed by atoms with E-state index < -0.39 is 0 Å². The minimum Gasteiger partial charge on any atom is -0.0654 e. The van der Waals surface area contributed by atoms with E-state index in [1.165, 1.54) is 69.8 Å². The summed E-state index contributed by atoms with van der Waals surface area (Å²) >= 11 is 0. The number of fused-ring (bicyclic) bond motifs is 12. The summed E-state index contributed by atoms with van der Waals surface area (Å²) in [7, 11) is 0. The third-order valence-electron chi connectivity index (χ3n) is 13.9. The molecule has 0 N–H and O–H groups in total. The Balaban J connectivity index is 1.53. The Morgan fingerprint density at radius 3 is 1.98 bits per heavy atom. The van der Waals surface area contributed by atoms with E-state index in [4.69, 9.17) is 0 Å². The summed E-state index contributed by atoms with van der Waals surface area (Å²) in [4.78, 5) is 0. The van der Waals surface area contributed by atoms with E-state index in [0.29, 0.717) is 23.7 Å². The van der Waals surface area contributed by atoms with Crippen LogP contribution in [0.5, 0.6) is 0 Å². The van der Waals surface area contributed by atoms with Crippen molar-refractivity contribution in [2.45, 2.75) is 118 Å². The second kappa shape index (κ2) is 11.4. The van der Waals surface area contributed by atoms with E-state index in [2.05, 4.69) is 155 Å². The molecule has 0 bridgehead atoms. The normalized spacial score (nSPS) is 22.3. The van der Waals surface area contributed by atoms with Crippen LogP contribution in [-0.4, -0.2) is 0 Å². The van der Waals surface area contributed by atoms with Gasteiger partial charge in [-0.1, -0.05) is 159 Å². The lowest BCUT2D eigenvalue weighted by Crippen LogP contribution is -2.42. The highest BCUT2D eigenvalue weighted by Gasteiger charge is 2.57. The van der Waals surface area contributed by atoms with Gasteiger partial charge < -0.3 is 0 Å². The van der Waals surface area contributed by atoms with Crippen molar-refractivity contribution < 1.29 is 0 Å². The molecule has 1 spiro atoms. The van der Waals surface area contributed by atoms with Crippen molar-refractivity contribution in [1.29, 1.82) is 0 Å². The minimum absolute atomic E-state index is 0.0397. The van der Waals surface area contributed by atoms with Crippen molar-refractivity contribution in [1.82, 2.24) is 0 Å². The van der Waals surface area contributed by atoms with Crippen LogP contribution in [0.3, 0.4) is 0 Å². The highest BCUT2D eigenvalue weighted by Crippen LogP contribution is 2.69. The molecule has 0 saturated heterocycles. The first-order chi connectivity index (χ1) is 23.9. The van der Waals surface area contributed by atoms with E-state index in [-0.39, 0.29) is 16.2 Å². The Bertz CT molecular complexity index is 2150. The van der Waals surface area contributed by atoms with Crippen molar-refractivity contribution in [3.05, 3.63) is 129 Å². The third-order valence-corrected chi connectivity index (χ3v) is 13.9. The minimum atomic E-state index is -0.232. The van der Waals surface area contributed by atoms with Gasteiger partial charge in [0.25, 0.3) is 0 Å². The molecule has 0 nitrogen and oxygen atoms in total. The SMILES string of the molecule is CCC(CC)C1=CC2(c3ccc4c(c3-c3ccc5cc(C)ccc5c32)C(C)(C)C2=C4C(C)(C)c3ccccc32)C(C(C)C)C(C(CC)CC)=C1. The van der Waals surface area contributed by atoms with Crippen LogP contribution in [0.2, 0.25) is 0 Å². The average molecular weight is 659 g/mol. The van der Waals surface area contributed by atoms with Crippen molar-refractivity contribution >= 4 is 21.9 Å².